The molecule has 0 radical (unpaired) electrons. The van der Waals surface area contributed by atoms with Gasteiger partial charge in [0, 0.05) is 33.2 Å². The van der Waals surface area contributed by atoms with E-state index >= 15 is 0 Å². The molecule has 1 aliphatic heterocycles. The highest BCUT2D eigenvalue weighted by molar-refractivity contribution is 7.03. The van der Waals surface area contributed by atoms with Crippen molar-refractivity contribution >= 4 is 79.0 Å². The molecular weight excluding hydrogens is 683 g/mol. The van der Waals surface area contributed by atoms with E-state index in [9.17, 15) is 0 Å². The summed E-state index contributed by atoms with van der Waals surface area (Å²) in [4.78, 5) is 2.35. The number of furan rings is 1. The van der Waals surface area contributed by atoms with Crippen molar-refractivity contribution < 1.29 is 4.42 Å². The molecule has 0 aliphatic carbocycles. The van der Waals surface area contributed by atoms with Gasteiger partial charge in [0.15, 0.2) is 0 Å². The largest absolute Gasteiger partial charge is 0.455 e. The Morgan fingerprint density at radius 2 is 1.05 bits per heavy atom. The quantitative estimate of drug-likeness (QED) is 0.165. The summed E-state index contributed by atoms with van der Waals surface area (Å²) in [5.74, 6) is 0. The number of hydrogen-bond acceptors (Lipinski definition) is 2. The molecule has 2 nitrogen and oxygen atoms in total. The average molecular weight is 720 g/mol. The number of benzene rings is 9. The van der Waals surface area contributed by atoms with Crippen LogP contribution in [0.2, 0.25) is 13.1 Å². The van der Waals surface area contributed by atoms with E-state index in [0.717, 1.165) is 44.4 Å². The molecular formula is C52H37NOSi. The fourth-order valence-electron chi connectivity index (χ4n) is 9.03. The van der Waals surface area contributed by atoms with Crippen molar-refractivity contribution in [1.29, 1.82) is 0 Å². The van der Waals surface area contributed by atoms with E-state index in [2.05, 4.69) is 206 Å². The molecule has 1 aromatic heterocycles. The van der Waals surface area contributed by atoms with Crippen molar-refractivity contribution in [1.82, 2.24) is 0 Å². The zero-order chi connectivity index (χ0) is 36.7. The van der Waals surface area contributed by atoms with E-state index in [1.807, 2.05) is 0 Å². The summed E-state index contributed by atoms with van der Waals surface area (Å²) in [5, 5.41) is 10.1. The minimum absolute atomic E-state index is 0.888. The molecule has 0 bridgehead atoms. The fraction of sp³-hybridized carbons (Fsp3) is 0.0385. The van der Waals surface area contributed by atoms with Gasteiger partial charge in [0.1, 0.15) is 19.2 Å². The highest BCUT2D eigenvalue weighted by Crippen LogP contribution is 2.45. The molecule has 2 heterocycles. The molecule has 0 N–H and O–H groups in total. The maximum Gasteiger partial charge on any atom is 0.143 e. The van der Waals surface area contributed by atoms with Gasteiger partial charge < -0.3 is 9.32 Å². The zero-order valence-corrected chi connectivity index (χ0v) is 31.8. The molecule has 0 unspecified atom stereocenters. The van der Waals surface area contributed by atoms with Crippen LogP contribution in [0, 0.1) is 0 Å². The van der Waals surface area contributed by atoms with Crippen LogP contribution in [0.5, 0.6) is 0 Å². The number of anilines is 3. The molecule has 3 heteroatoms. The number of nitrogens with zero attached hydrogens (tertiary/aromatic N) is 1. The van der Waals surface area contributed by atoms with Gasteiger partial charge in [0.2, 0.25) is 0 Å². The summed E-state index contributed by atoms with van der Waals surface area (Å²) in [6.07, 6.45) is 0. The van der Waals surface area contributed by atoms with Crippen molar-refractivity contribution in [3.8, 4) is 33.4 Å². The molecule has 11 rings (SSSR count). The summed E-state index contributed by atoms with van der Waals surface area (Å²) in [7, 11) is -1.87. The minimum Gasteiger partial charge on any atom is -0.455 e. The van der Waals surface area contributed by atoms with Crippen LogP contribution in [-0.2, 0) is 0 Å². The third-order valence-electron chi connectivity index (χ3n) is 11.8. The van der Waals surface area contributed by atoms with E-state index in [1.54, 1.807) is 0 Å². The van der Waals surface area contributed by atoms with Gasteiger partial charge >= 0.3 is 0 Å². The summed E-state index contributed by atoms with van der Waals surface area (Å²) < 4.78 is 6.84. The predicted molar refractivity (Wildman–Crippen MR) is 236 cm³/mol. The normalized spacial score (nSPS) is 13.1. The first-order chi connectivity index (χ1) is 27.0. The van der Waals surface area contributed by atoms with E-state index in [0.29, 0.717) is 0 Å². The molecule has 0 atom stereocenters. The monoisotopic (exact) mass is 719 g/mol. The van der Waals surface area contributed by atoms with Crippen LogP contribution in [0.15, 0.2) is 192 Å². The number of rotatable bonds is 5. The summed E-state index contributed by atoms with van der Waals surface area (Å²) in [6.45, 7) is 4.98. The number of para-hydroxylation sites is 1. The van der Waals surface area contributed by atoms with Gasteiger partial charge in [0.05, 0.1) is 0 Å². The second-order valence-corrected chi connectivity index (χ2v) is 19.7. The van der Waals surface area contributed by atoms with Gasteiger partial charge in [-0.2, -0.15) is 0 Å². The lowest BCUT2D eigenvalue weighted by Crippen LogP contribution is -2.49. The van der Waals surface area contributed by atoms with Gasteiger partial charge in [-0.25, -0.2) is 0 Å². The molecule has 260 valence electrons. The highest BCUT2D eigenvalue weighted by atomic mass is 28.3. The van der Waals surface area contributed by atoms with E-state index < -0.39 is 8.07 Å². The van der Waals surface area contributed by atoms with Crippen LogP contribution in [-0.4, -0.2) is 8.07 Å². The van der Waals surface area contributed by atoms with Gasteiger partial charge in [-0.1, -0.05) is 147 Å². The minimum atomic E-state index is -1.87. The Kier molecular flexibility index (Phi) is 7.04. The van der Waals surface area contributed by atoms with E-state index in [4.69, 9.17) is 4.42 Å². The fourth-order valence-corrected chi connectivity index (χ4v) is 12.1. The lowest BCUT2D eigenvalue weighted by atomic mass is 9.94. The lowest BCUT2D eigenvalue weighted by Gasteiger charge is -2.25. The second kappa shape index (κ2) is 12.2. The van der Waals surface area contributed by atoms with Crippen LogP contribution in [0.4, 0.5) is 17.1 Å². The van der Waals surface area contributed by atoms with Crippen LogP contribution < -0.4 is 15.3 Å². The predicted octanol–water partition coefficient (Wildman–Crippen LogP) is 13.5. The van der Waals surface area contributed by atoms with Crippen molar-refractivity contribution in [2.24, 2.45) is 0 Å². The molecule has 0 saturated heterocycles. The summed E-state index contributed by atoms with van der Waals surface area (Å²) in [6, 6.07) is 68.7. The van der Waals surface area contributed by atoms with Crippen molar-refractivity contribution in [3.05, 3.63) is 188 Å². The first-order valence-electron chi connectivity index (χ1n) is 19.1. The Hall–Kier alpha value is -6.68. The first kappa shape index (κ1) is 31.8. The summed E-state index contributed by atoms with van der Waals surface area (Å²) >= 11 is 0. The SMILES string of the molecule is C[Si]1(C)c2ccccc2-c2ccc(-c3cc4ccccc4c4oc5ccc(N(c6ccccc6)c6ccc(-c7ccc8ccccc8c7)cc6)cc5c34)cc21. The van der Waals surface area contributed by atoms with E-state index in [-0.39, 0.29) is 0 Å². The molecule has 0 saturated carbocycles. The Bertz CT molecular complexity index is 3120. The maximum atomic E-state index is 6.84. The van der Waals surface area contributed by atoms with Gasteiger partial charge in [-0.15, -0.1) is 0 Å². The number of hydrogen-bond donors (Lipinski definition) is 0. The van der Waals surface area contributed by atoms with Crippen LogP contribution in [0.1, 0.15) is 0 Å². The van der Waals surface area contributed by atoms with Crippen LogP contribution in [0.25, 0.3) is 76.9 Å². The molecule has 0 spiro atoms. The van der Waals surface area contributed by atoms with Gasteiger partial charge in [-0.05, 0) is 115 Å². The summed E-state index contributed by atoms with van der Waals surface area (Å²) in [5.41, 5.74) is 12.7. The molecule has 0 amide bonds. The van der Waals surface area contributed by atoms with E-state index in [1.165, 1.54) is 59.9 Å². The standard InChI is InChI=1S/C52H37NOSi/c1-55(2)49-19-11-10-18-44(49)45-28-24-39(32-50(45)55)46-31-38-14-8-9-17-43(38)52-51(46)47-33-42(27-29-48(47)54-52)53(40-15-4-3-5-16-40)41-25-22-35(23-26-41)37-21-20-34-12-6-7-13-36(34)30-37/h3-33H,1-2H3. The first-order valence-corrected chi connectivity index (χ1v) is 22.1. The zero-order valence-electron chi connectivity index (χ0n) is 30.8. The average Bonchev–Trinajstić information content (AvgIpc) is 3.73. The maximum absolute atomic E-state index is 6.84. The Morgan fingerprint density at radius 3 is 1.91 bits per heavy atom. The third kappa shape index (κ3) is 5.01. The molecule has 0 fully saturated rings. The van der Waals surface area contributed by atoms with Crippen molar-refractivity contribution in [2.75, 3.05) is 4.90 Å². The van der Waals surface area contributed by atoms with Gasteiger partial charge in [-0.3, -0.25) is 0 Å². The van der Waals surface area contributed by atoms with Crippen LogP contribution >= 0.6 is 0 Å². The molecule has 55 heavy (non-hydrogen) atoms. The third-order valence-corrected chi connectivity index (χ3v) is 15.4. The Morgan fingerprint density at radius 1 is 0.400 bits per heavy atom. The van der Waals surface area contributed by atoms with Crippen LogP contribution in [0.3, 0.4) is 0 Å². The molecule has 10 aromatic rings. The topological polar surface area (TPSA) is 16.4 Å². The van der Waals surface area contributed by atoms with Crippen molar-refractivity contribution in [3.63, 3.8) is 0 Å². The molecule has 9 aromatic carbocycles. The Labute approximate surface area is 321 Å². The van der Waals surface area contributed by atoms with Gasteiger partial charge in [0.25, 0.3) is 0 Å². The lowest BCUT2D eigenvalue weighted by molar-refractivity contribution is 0.673. The smallest absolute Gasteiger partial charge is 0.143 e. The Balaban J connectivity index is 1.09. The molecule has 1 aliphatic rings. The number of fused-ring (bicyclic) bond motifs is 9. The second-order valence-electron chi connectivity index (χ2n) is 15.3. The van der Waals surface area contributed by atoms with Crippen molar-refractivity contribution in [2.45, 2.75) is 13.1 Å². The highest BCUT2D eigenvalue weighted by Gasteiger charge is 2.37.